The van der Waals surface area contributed by atoms with Crippen molar-refractivity contribution in [2.24, 2.45) is 0 Å². The molecule has 1 aromatic carbocycles. The normalized spacial score (nSPS) is 24.9. The molecule has 0 radical (unpaired) electrons. The highest BCUT2D eigenvalue weighted by Gasteiger charge is 2.27. The molecule has 0 saturated carbocycles. The average molecular weight is 206 g/mol. The van der Waals surface area contributed by atoms with Crippen LogP contribution in [-0.2, 0) is 11.2 Å². The monoisotopic (exact) mass is 206 g/mol. The van der Waals surface area contributed by atoms with Crippen molar-refractivity contribution in [3.63, 3.8) is 0 Å². The summed E-state index contributed by atoms with van der Waals surface area (Å²) in [5.74, 6) is 0. The first kappa shape index (κ1) is 10.7. The molecule has 15 heavy (non-hydrogen) atoms. The zero-order valence-corrected chi connectivity index (χ0v) is 9.15. The second kappa shape index (κ2) is 4.77. The van der Waals surface area contributed by atoms with Gasteiger partial charge in [0, 0.05) is 6.61 Å². The van der Waals surface area contributed by atoms with Crippen LogP contribution in [0.5, 0.6) is 0 Å². The van der Waals surface area contributed by atoms with Crippen LogP contribution in [0.2, 0.25) is 0 Å². The molecule has 2 nitrogen and oxygen atoms in total. The third-order valence-electron chi connectivity index (χ3n) is 2.96. The fraction of sp³-hybridized carbons (Fsp3) is 0.538. The first-order chi connectivity index (χ1) is 7.33. The van der Waals surface area contributed by atoms with Crippen LogP contribution in [0.1, 0.15) is 37.0 Å². The number of aryl methyl sites for hydroxylation is 1. The first-order valence-electron chi connectivity index (χ1n) is 5.70. The van der Waals surface area contributed by atoms with Crippen LogP contribution in [0.15, 0.2) is 24.3 Å². The van der Waals surface area contributed by atoms with Gasteiger partial charge in [0.25, 0.3) is 0 Å². The minimum Gasteiger partial charge on any atom is -0.386 e. The van der Waals surface area contributed by atoms with Gasteiger partial charge in [0.1, 0.15) is 6.10 Å². The van der Waals surface area contributed by atoms with Crippen molar-refractivity contribution >= 4 is 0 Å². The van der Waals surface area contributed by atoms with Crippen molar-refractivity contribution in [3.05, 3.63) is 35.4 Å². The average Bonchev–Trinajstić information content (AvgIpc) is 2.29. The molecule has 1 aromatic rings. The first-order valence-corrected chi connectivity index (χ1v) is 5.70. The third-order valence-corrected chi connectivity index (χ3v) is 2.96. The van der Waals surface area contributed by atoms with E-state index in [4.69, 9.17) is 4.74 Å². The minimum atomic E-state index is -0.443. The van der Waals surface area contributed by atoms with Crippen LogP contribution in [-0.4, -0.2) is 17.8 Å². The molecule has 0 bridgehead atoms. The highest BCUT2D eigenvalue weighted by molar-refractivity contribution is 5.32. The molecular weight excluding hydrogens is 188 g/mol. The zero-order chi connectivity index (χ0) is 10.7. The smallest absolute Gasteiger partial charge is 0.105 e. The number of fused-ring (bicyclic) bond motifs is 1. The Morgan fingerprint density at radius 3 is 3.00 bits per heavy atom. The summed E-state index contributed by atoms with van der Waals surface area (Å²) in [7, 11) is 0. The van der Waals surface area contributed by atoms with E-state index in [9.17, 15) is 5.11 Å². The summed E-state index contributed by atoms with van der Waals surface area (Å²) in [6, 6.07) is 8.10. The highest BCUT2D eigenvalue weighted by atomic mass is 16.5. The second-order valence-corrected chi connectivity index (χ2v) is 4.09. The lowest BCUT2D eigenvalue weighted by atomic mass is 9.87. The maximum Gasteiger partial charge on any atom is 0.105 e. The topological polar surface area (TPSA) is 29.5 Å². The minimum absolute atomic E-state index is 0.0140. The molecule has 0 spiro atoms. The van der Waals surface area contributed by atoms with Crippen molar-refractivity contribution in [3.8, 4) is 0 Å². The predicted molar refractivity (Wildman–Crippen MR) is 59.8 cm³/mol. The van der Waals surface area contributed by atoms with Gasteiger partial charge in [-0.05, 0) is 30.4 Å². The van der Waals surface area contributed by atoms with Gasteiger partial charge in [0.05, 0.1) is 6.10 Å². The van der Waals surface area contributed by atoms with E-state index in [1.165, 1.54) is 5.56 Å². The summed E-state index contributed by atoms with van der Waals surface area (Å²) in [5, 5.41) is 10.1. The zero-order valence-electron chi connectivity index (χ0n) is 9.15. The Morgan fingerprint density at radius 2 is 2.20 bits per heavy atom. The molecule has 2 rings (SSSR count). The Labute approximate surface area is 90.9 Å². The summed E-state index contributed by atoms with van der Waals surface area (Å²) in [5.41, 5.74) is 2.31. The van der Waals surface area contributed by atoms with Gasteiger partial charge in [0.2, 0.25) is 0 Å². The van der Waals surface area contributed by atoms with Crippen molar-refractivity contribution in [2.45, 2.75) is 38.4 Å². The predicted octanol–water partition coefficient (Wildman–Crippen LogP) is 2.46. The fourth-order valence-corrected chi connectivity index (χ4v) is 2.15. The van der Waals surface area contributed by atoms with Gasteiger partial charge >= 0.3 is 0 Å². The maximum absolute atomic E-state index is 10.1. The van der Waals surface area contributed by atoms with Gasteiger partial charge in [0.15, 0.2) is 0 Å². The van der Waals surface area contributed by atoms with Crippen LogP contribution in [0, 0.1) is 0 Å². The van der Waals surface area contributed by atoms with E-state index in [-0.39, 0.29) is 6.10 Å². The lowest BCUT2D eigenvalue weighted by Crippen LogP contribution is -2.28. The molecule has 1 aliphatic rings. The SMILES string of the molecule is CCCOC1CCc2ccccc2C1O. The van der Waals surface area contributed by atoms with Gasteiger partial charge in [-0.15, -0.1) is 0 Å². The summed E-state index contributed by atoms with van der Waals surface area (Å²) in [6.07, 6.45) is 2.49. The Morgan fingerprint density at radius 1 is 1.40 bits per heavy atom. The molecule has 0 saturated heterocycles. The maximum atomic E-state index is 10.1. The quantitative estimate of drug-likeness (QED) is 0.823. The number of hydrogen-bond donors (Lipinski definition) is 1. The van der Waals surface area contributed by atoms with Crippen LogP contribution < -0.4 is 0 Å². The van der Waals surface area contributed by atoms with Gasteiger partial charge in [-0.2, -0.15) is 0 Å². The van der Waals surface area contributed by atoms with Crippen LogP contribution >= 0.6 is 0 Å². The molecule has 1 aliphatic carbocycles. The number of aliphatic hydroxyl groups is 1. The van der Waals surface area contributed by atoms with Crippen LogP contribution in [0.4, 0.5) is 0 Å². The number of benzene rings is 1. The number of aliphatic hydroxyl groups excluding tert-OH is 1. The van der Waals surface area contributed by atoms with E-state index in [1.54, 1.807) is 0 Å². The van der Waals surface area contributed by atoms with E-state index in [0.29, 0.717) is 0 Å². The lowest BCUT2D eigenvalue weighted by Gasteiger charge is -2.29. The van der Waals surface area contributed by atoms with Crippen molar-refractivity contribution in [2.75, 3.05) is 6.61 Å². The van der Waals surface area contributed by atoms with Gasteiger partial charge in [-0.25, -0.2) is 0 Å². The Balaban J connectivity index is 2.11. The third kappa shape index (κ3) is 2.21. The number of ether oxygens (including phenoxy) is 1. The van der Waals surface area contributed by atoms with Crippen molar-refractivity contribution in [1.82, 2.24) is 0 Å². The molecule has 0 fully saturated rings. The number of hydrogen-bond acceptors (Lipinski definition) is 2. The molecule has 2 heteroatoms. The summed E-state index contributed by atoms with van der Waals surface area (Å²) in [6.45, 7) is 2.83. The summed E-state index contributed by atoms with van der Waals surface area (Å²) < 4.78 is 5.65. The molecule has 2 unspecified atom stereocenters. The fourth-order valence-electron chi connectivity index (χ4n) is 2.15. The van der Waals surface area contributed by atoms with Crippen LogP contribution in [0.25, 0.3) is 0 Å². The Bertz CT molecular complexity index is 322. The standard InChI is InChI=1S/C13H18O2/c1-2-9-15-12-8-7-10-5-3-4-6-11(10)13(12)14/h3-6,12-14H,2,7-9H2,1H3. The number of rotatable bonds is 3. The van der Waals surface area contributed by atoms with E-state index in [2.05, 4.69) is 13.0 Å². The molecule has 0 aromatic heterocycles. The summed E-state index contributed by atoms with van der Waals surface area (Å²) >= 11 is 0. The van der Waals surface area contributed by atoms with Gasteiger partial charge in [-0.3, -0.25) is 0 Å². The molecule has 82 valence electrons. The molecule has 0 aliphatic heterocycles. The largest absolute Gasteiger partial charge is 0.386 e. The van der Waals surface area contributed by atoms with E-state index < -0.39 is 6.10 Å². The molecular formula is C13H18O2. The van der Waals surface area contributed by atoms with Crippen molar-refractivity contribution < 1.29 is 9.84 Å². The molecule has 1 N–H and O–H groups in total. The van der Waals surface area contributed by atoms with Crippen LogP contribution in [0.3, 0.4) is 0 Å². The summed E-state index contributed by atoms with van der Waals surface area (Å²) in [4.78, 5) is 0. The molecule has 0 heterocycles. The lowest BCUT2D eigenvalue weighted by molar-refractivity contribution is -0.0480. The highest BCUT2D eigenvalue weighted by Crippen LogP contribution is 2.31. The second-order valence-electron chi connectivity index (χ2n) is 4.09. The van der Waals surface area contributed by atoms with Gasteiger partial charge in [-0.1, -0.05) is 31.2 Å². The Hall–Kier alpha value is -0.860. The molecule has 0 amide bonds. The van der Waals surface area contributed by atoms with E-state index >= 15 is 0 Å². The van der Waals surface area contributed by atoms with Crippen molar-refractivity contribution in [1.29, 1.82) is 0 Å². The van der Waals surface area contributed by atoms with E-state index in [1.807, 2.05) is 18.2 Å². The molecule has 2 atom stereocenters. The van der Waals surface area contributed by atoms with E-state index in [0.717, 1.165) is 31.4 Å². The Kier molecular flexibility index (Phi) is 3.39. The van der Waals surface area contributed by atoms with Gasteiger partial charge < -0.3 is 9.84 Å².